The number of thiocarbonyl (C=S) groups is 1. The second-order valence-electron chi connectivity index (χ2n) is 3.96. The number of rotatable bonds is 5. The molecule has 0 aliphatic carbocycles. The number of nitrogens with two attached hydrogens (primary N) is 1. The fraction of sp³-hybridized carbons (Fsp3) is 0.417. The van der Waals surface area contributed by atoms with E-state index in [1.165, 1.54) is 0 Å². The minimum absolute atomic E-state index is 0.174. The standard InChI is InChI=1S/C12H16BrN3OS/c1-3-12(4-2,10(14)18)11(17)16-9-5-6-15-7-8(9)13/h5-7H,3-4H2,1-2H3,(H2,14,18)(H,15,16,17). The Morgan fingerprint density at radius 3 is 2.61 bits per heavy atom. The van der Waals surface area contributed by atoms with E-state index < -0.39 is 5.41 Å². The molecule has 0 spiro atoms. The van der Waals surface area contributed by atoms with Crippen molar-refractivity contribution in [2.45, 2.75) is 26.7 Å². The van der Waals surface area contributed by atoms with E-state index in [4.69, 9.17) is 18.0 Å². The van der Waals surface area contributed by atoms with Gasteiger partial charge in [0.25, 0.3) is 0 Å². The van der Waals surface area contributed by atoms with Crippen LogP contribution in [-0.4, -0.2) is 15.9 Å². The number of hydrogen-bond donors (Lipinski definition) is 2. The molecule has 0 aliphatic rings. The van der Waals surface area contributed by atoms with Gasteiger partial charge >= 0.3 is 0 Å². The van der Waals surface area contributed by atoms with Crippen molar-refractivity contribution < 1.29 is 4.79 Å². The van der Waals surface area contributed by atoms with Gasteiger partial charge in [-0.05, 0) is 34.8 Å². The molecule has 0 unspecified atom stereocenters. The van der Waals surface area contributed by atoms with Crippen LogP contribution in [0.3, 0.4) is 0 Å². The molecule has 0 fully saturated rings. The Bertz CT molecular complexity index is 460. The summed E-state index contributed by atoms with van der Waals surface area (Å²) in [6, 6.07) is 1.72. The summed E-state index contributed by atoms with van der Waals surface area (Å²) in [6.07, 6.45) is 4.39. The number of nitrogens with zero attached hydrogens (tertiary/aromatic N) is 1. The predicted molar refractivity (Wildman–Crippen MR) is 80.4 cm³/mol. The highest BCUT2D eigenvalue weighted by molar-refractivity contribution is 9.10. The highest BCUT2D eigenvalue weighted by Crippen LogP contribution is 2.30. The Hall–Kier alpha value is -1.01. The first-order valence-electron chi connectivity index (χ1n) is 5.68. The molecule has 6 heteroatoms. The Morgan fingerprint density at radius 2 is 2.17 bits per heavy atom. The number of halogens is 1. The molecule has 98 valence electrons. The summed E-state index contributed by atoms with van der Waals surface area (Å²) in [6.45, 7) is 3.81. The van der Waals surface area contributed by atoms with Gasteiger partial charge in [0.15, 0.2) is 0 Å². The lowest BCUT2D eigenvalue weighted by molar-refractivity contribution is -0.122. The molecule has 0 saturated carbocycles. The monoisotopic (exact) mass is 329 g/mol. The summed E-state index contributed by atoms with van der Waals surface area (Å²) >= 11 is 8.38. The van der Waals surface area contributed by atoms with E-state index in [0.717, 1.165) is 4.47 Å². The summed E-state index contributed by atoms with van der Waals surface area (Å²) < 4.78 is 0.724. The zero-order valence-corrected chi connectivity index (χ0v) is 12.8. The average Bonchev–Trinajstić information content (AvgIpc) is 2.34. The van der Waals surface area contributed by atoms with Crippen molar-refractivity contribution >= 4 is 44.7 Å². The maximum absolute atomic E-state index is 12.4. The van der Waals surface area contributed by atoms with Crippen LogP contribution in [0.25, 0.3) is 0 Å². The van der Waals surface area contributed by atoms with Crippen LogP contribution < -0.4 is 11.1 Å². The molecular formula is C12H16BrN3OS. The Kier molecular flexibility index (Phi) is 5.22. The lowest BCUT2D eigenvalue weighted by Gasteiger charge is -2.29. The maximum atomic E-state index is 12.4. The number of anilines is 1. The molecule has 18 heavy (non-hydrogen) atoms. The minimum Gasteiger partial charge on any atom is -0.392 e. The largest absolute Gasteiger partial charge is 0.392 e. The minimum atomic E-state index is -0.794. The molecule has 1 heterocycles. The number of pyridine rings is 1. The van der Waals surface area contributed by atoms with Gasteiger partial charge in [0.2, 0.25) is 5.91 Å². The summed E-state index contributed by atoms with van der Waals surface area (Å²) in [5, 5.41) is 2.84. The van der Waals surface area contributed by atoms with Crippen molar-refractivity contribution in [3.63, 3.8) is 0 Å². The summed E-state index contributed by atoms with van der Waals surface area (Å²) in [7, 11) is 0. The van der Waals surface area contributed by atoms with Gasteiger partial charge in [-0.15, -0.1) is 0 Å². The van der Waals surface area contributed by atoms with Crippen LogP contribution >= 0.6 is 28.1 Å². The topological polar surface area (TPSA) is 68.0 Å². The molecule has 0 aromatic carbocycles. The van der Waals surface area contributed by atoms with Crippen LogP contribution in [0.4, 0.5) is 5.69 Å². The number of carbonyl (C=O) groups is 1. The van der Waals surface area contributed by atoms with Gasteiger partial charge in [0.05, 0.1) is 20.6 Å². The molecule has 0 saturated heterocycles. The van der Waals surface area contributed by atoms with E-state index in [0.29, 0.717) is 18.5 Å². The van der Waals surface area contributed by atoms with Crippen molar-refractivity contribution in [3.8, 4) is 0 Å². The van der Waals surface area contributed by atoms with Gasteiger partial charge in [0.1, 0.15) is 0 Å². The van der Waals surface area contributed by atoms with Crippen LogP contribution in [-0.2, 0) is 4.79 Å². The first-order chi connectivity index (χ1) is 8.47. The second kappa shape index (κ2) is 6.24. The van der Waals surface area contributed by atoms with Crippen LogP contribution in [0.1, 0.15) is 26.7 Å². The number of hydrogen-bond acceptors (Lipinski definition) is 3. The summed E-state index contributed by atoms with van der Waals surface area (Å²) in [5.74, 6) is -0.174. The zero-order chi connectivity index (χ0) is 13.8. The van der Waals surface area contributed by atoms with E-state index in [2.05, 4.69) is 26.2 Å². The van der Waals surface area contributed by atoms with Crippen LogP contribution in [0.2, 0.25) is 0 Å². The third-order valence-corrected chi connectivity index (χ3v) is 4.16. The molecule has 3 N–H and O–H groups in total. The van der Waals surface area contributed by atoms with Crippen molar-refractivity contribution in [3.05, 3.63) is 22.9 Å². The molecule has 4 nitrogen and oxygen atoms in total. The van der Waals surface area contributed by atoms with Gasteiger partial charge in [-0.3, -0.25) is 9.78 Å². The highest BCUT2D eigenvalue weighted by Gasteiger charge is 2.38. The van der Waals surface area contributed by atoms with E-state index in [1.54, 1.807) is 18.5 Å². The molecule has 0 aliphatic heterocycles. The number of carbonyl (C=O) groups excluding carboxylic acids is 1. The zero-order valence-electron chi connectivity index (χ0n) is 10.4. The SMILES string of the molecule is CCC(CC)(C(=O)Nc1ccncc1Br)C(N)=S. The van der Waals surface area contributed by atoms with E-state index in [9.17, 15) is 4.79 Å². The Labute approximate surface area is 120 Å². The molecule has 0 bridgehead atoms. The second-order valence-corrected chi connectivity index (χ2v) is 5.26. The van der Waals surface area contributed by atoms with Crippen molar-refractivity contribution in [2.75, 3.05) is 5.32 Å². The molecule has 1 aromatic rings. The number of nitrogens with one attached hydrogen (secondary N) is 1. The summed E-state index contributed by atoms with van der Waals surface area (Å²) in [4.78, 5) is 16.5. The Morgan fingerprint density at radius 1 is 1.56 bits per heavy atom. The van der Waals surface area contributed by atoms with Gasteiger partial charge in [-0.1, -0.05) is 26.1 Å². The average molecular weight is 330 g/mol. The number of aromatic nitrogens is 1. The lowest BCUT2D eigenvalue weighted by atomic mass is 9.81. The van der Waals surface area contributed by atoms with Crippen molar-refractivity contribution in [1.29, 1.82) is 0 Å². The molecular weight excluding hydrogens is 314 g/mol. The molecule has 0 radical (unpaired) electrons. The van der Waals surface area contributed by atoms with E-state index in [-0.39, 0.29) is 10.9 Å². The van der Waals surface area contributed by atoms with Gasteiger partial charge in [0, 0.05) is 12.4 Å². The maximum Gasteiger partial charge on any atom is 0.237 e. The lowest BCUT2D eigenvalue weighted by Crippen LogP contribution is -2.45. The van der Waals surface area contributed by atoms with Gasteiger partial charge in [-0.25, -0.2) is 0 Å². The van der Waals surface area contributed by atoms with Crippen molar-refractivity contribution in [1.82, 2.24) is 4.98 Å². The fourth-order valence-electron chi connectivity index (χ4n) is 1.75. The third-order valence-electron chi connectivity index (χ3n) is 3.13. The van der Waals surface area contributed by atoms with Crippen molar-refractivity contribution in [2.24, 2.45) is 11.1 Å². The van der Waals surface area contributed by atoms with Gasteiger partial charge < -0.3 is 11.1 Å². The Balaban J connectivity index is 3.00. The van der Waals surface area contributed by atoms with Gasteiger partial charge in [-0.2, -0.15) is 0 Å². The highest BCUT2D eigenvalue weighted by atomic mass is 79.9. The number of amides is 1. The smallest absolute Gasteiger partial charge is 0.237 e. The quantitative estimate of drug-likeness (QED) is 0.815. The van der Waals surface area contributed by atoms with E-state index >= 15 is 0 Å². The molecule has 1 rings (SSSR count). The van der Waals surface area contributed by atoms with Crippen LogP contribution in [0, 0.1) is 5.41 Å². The first kappa shape index (κ1) is 15.0. The van der Waals surface area contributed by atoms with Crippen LogP contribution in [0.5, 0.6) is 0 Å². The molecule has 1 aromatic heterocycles. The van der Waals surface area contributed by atoms with Crippen LogP contribution in [0.15, 0.2) is 22.9 Å². The predicted octanol–water partition coefficient (Wildman–Crippen LogP) is 2.88. The molecule has 0 atom stereocenters. The normalized spacial score (nSPS) is 11.1. The van der Waals surface area contributed by atoms with E-state index in [1.807, 2.05) is 13.8 Å². The molecule has 1 amide bonds. The summed E-state index contributed by atoms with van der Waals surface area (Å²) in [5.41, 5.74) is 5.60. The first-order valence-corrected chi connectivity index (χ1v) is 6.89. The fourth-order valence-corrected chi connectivity index (χ4v) is 2.48. The third kappa shape index (κ3) is 2.87.